The number of benzene rings is 2. The lowest BCUT2D eigenvalue weighted by Gasteiger charge is -2.15. The quantitative estimate of drug-likeness (QED) is 0.910. The van der Waals surface area contributed by atoms with Gasteiger partial charge in [-0.2, -0.15) is 0 Å². The molecule has 4 heteroatoms. The molecule has 0 bridgehead atoms. The molecule has 3 nitrogen and oxygen atoms in total. The molecule has 0 amide bonds. The second-order valence-corrected chi connectivity index (χ2v) is 4.59. The van der Waals surface area contributed by atoms with Crippen LogP contribution >= 0.6 is 0 Å². The monoisotopic (exact) mass is 274 g/mol. The number of halogens is 1. The van der Waals surface area contributed by atoms with Gasteiger partial charge in [0.1, 0.15) is 11.6 Å². The van der Waals surface area contributed by atoms with Crippen molar-refractivity contribution in [1.29, 1.82) is 0 Å². The summed E-state index contributed by atoms with van der Waals surface area (Å²) in [5, 5.41) is 9.21. The Labute approximate surface area is 116 Å². The highest BCUT2D eigenvalue weighted by atomic mass is 19.1. The van der Waals surface area contributed by atoms with E-state index >= 15 is 0 Å². The Bertz CT molecular complexity index is 528. The Morgan fingerprint density at radius 2 is 1.75 bits per heavy atom. The van der Waals surface area contributed by atoms with Crippen LogP contribution in [0.25, 0.3) is 0 Å². The fourth-order valence-electron chi connectivity index (χ4n) is 1.80. The standard InChI is InChI=1S/C16H15FO3/c1-11-2-8-14(9-3-11)20-15(16(18)19)10-12-4-6-13(17)7-5-12/h2-9,15H,10H2,1H3,(H,18,19)/t15-/m0/s1. The Kier molecular flexibility index (Phi) is 4.35. The number of hydrogen-bond donors (Lipinski definition) is 1. The molecule has 0 radical (unpaired) electrons. The van der Waals surface area contributed by atoms with Gasteiger partial charge >= 0.3 is 5.97 Å². The van der Waals surface area contributed by atoms with Gasteiger partial charge < -0.3 is 9.84 Å². The van der Waals surface area contributed by atoms with Crippen molar-refractivity contribution in [2.45, 2.75) is 19.4 Å². The number of carboxylic acid groups (broad SMARTS) is 1. The number of rotatable bonds is 5. The minimum absolute atomic E-state index is 0.184. The van der Waals surface area contributed by atoms with Crippen LogP contribution in [0.15, 0.2) is 48.5 Å². The van der Waals surface area contributed by atoms with Crippen LogP contribution in [0.2, 0.25) is 0 Å². The van der Waals surface area contributed by atoms with E-state index in [4.69, 9.17) is 4.74 Å². The normalized spacial score (nSPS) is 11.9. The Hall–Kier alpha value is -2.36. The molecule has 0 heterocycles. The van der Waals surface area contributed by atoms with Crippen molar-refractivity contribution < 1.29 is 19.0 Å². The SMILES string of the molecule is Cc1ccc(O[C@@H](Cc2ccc(F)cc2)C(=O)O)cc1. The van der Waals surface area contributed by atoms with Gasteiger partial charge in [-0.15, -0.1) is 0 Å². The summed E-state index contributed by atoms with van der Waals surface area (Å²) in [4.78, 5) is 11.2. The summed E-state index contributed by atoms with van der Waals surface area (Å²) in [5.41, 5.74) is 1.79. The second kappa shape index (κ2) is 6.19. The molecule has 0 saturated heterocycles. The van der Waals surface area contributed by atoms with Crippen LogP contribution in [0.4, 0.5) is 4.39 Å². The summed E-state index contributed by atoms with van der Waals surface area (Å²) >= 11 is 0. The highest BCUT2D eigenvalue weighted by Crippen LogP contribution is 2.16. The maximum atomic E-state index is 12.8. The van der Waals surface area contributed by atoms with Crippen molar-refractivity contribution >= 4 is 5.97 Å². The number of aryl methyl sites for hydroxylation is 1. The minimum atomic E-state index is -1.05. The van der Waals surface area contributed by atoms with Crippen LogP contribution in [-0.2, 0) is 11.2 Å². The van der Waals surface area contributed by atoms with Crippen molar-refractivity contribution in [3.05, 3.63) is 65.5 Å². The zero-order valence-corrected chi connectivity index (χ0v) is 11.0. The summed E-state index contributed by atoms with van der Waals surface area (Å²) in [6.45, 7) is 1.94. The highest BCUT2D eigenvalue weighted by molar-refractivity contribution is 5.73. The number of carboxylic acids is 1. The fraction of sp³-hybridized carbons (Fsp3) is 0.188. The maximum absolute atomic E-state index is 12.8. The van der Waals surface area contributed by atoms with Gasteiger partial charge in [-0.3, -0.25) is 0 Å². The van der Waals surface area contributed by atoms with Crippen LogP contribution in [0.3, 0.4) is 0 Å². The van der Waals surface area contributed by atoms with E-state index < -0.39 is 12.1 Å². The summed E-state index contributed by atoms with van der Waals surface area (Å²) < 4.78 is 18.3. The molecule has 2 aromatic rings. The summed E-state index contributed by atoms with van der Waals surface area (Å²) in [6, 6.07) is 12.9. The van der Waals surface area contributed by atoms with Crippen molar-refractivity contribution in [2.75, 3.05) is 0 Å². The third kappa shape index (κ3) is 3.82. The molecule has 0 spiro atoms. The van der Waals surface area contributed by atoms with Gasteiger partial charge in [-0.05, 0) is 36.8 Å². The number of ether oxygens (including phenoxy) is 1. The number of carbonyl (C=O) groups is 1. The molecule has 0 aromatic heterocycles. The van der Waals surface area contributed by atoms with Crippen LogP contribution in [0.5, 0.6) is 5.75 Å². The Morgan fingerprint density at radius 1 is 1.15 bits per heavy atom. The molecule has 1 atom stereocenters. The number of hydrogen-bond acceptors (Lipinski definition) is 2. The predicted octanol–water partition coefficient (Wildman–Crippen LogP) is 3.21. The fourth-order valence-corrected chi connectivity index (χ4v) is 1.80. The van der Waals surface area contributed by atoms with Gasteiger partial charge in [0.15, 0.2) is 6.10 Å². The first-order valence-corrected chi connectivity index (χ1v) is 6.25. The predicted molar refractivity (Wildman–Crippen MR) is 73.3 cm³/mol. The van der Waals surface area contributed by atoms with Crippen LogP contribution < -0.4 is 4.74 Å². The van der Waals surface area contributed by atoms with Crippen LogP contribution in [-0.4, -0.2) is 17.2 Å². The third-order valence-electron chi connectivity index (χ3n) is 2.91. The average molecular weight is 274 g/mol. The van der Waals surface area contributed by atoms with Crippen molar-refractivity contribution in [3.63, 3.8) is 0 Å². The van der Waals surface area contributed by atoms with Gasteiger partial charge in [0, 0.05) is 6.42 Å². The van der Waals surface area contributed by atoms with Crippen molar-refractivity contribution in [2.24, 2.45) is 0 Å². The van der Waals surface area contributed by atoms with Crippen molar-refractivity contribution in [3.8, 4) is 5.75 Å². The van der Waals surface area contributed by atoms with Crippen LogP contribution in [0.1, 0.15) is 11.1 Å². The van der Waals surface area contributed by atoms with E-state index in [0.29, 0.717) is 11.3 Å². The molecule has 0 fully saturated rings. The molecule has 0 saturated carbocycles. The Morgan fingerprint density at radius 3 is 2.30 bits per heavy atom. The van der Waals surface area contributed by atoms with E-state index in [1.54, 1.807) is 24.3 Å². The van der Waals surface area contributed by atoms with E-state index in [9.17, 15) is 14.3 Å². The number of aliphatic carboxylic acids is 1. The first kappa shape index (κ1) is 14.1. The highest BCUT2D eigenvalue weighted by Gasteiger charge is 2.20. The summed E-state index contributed by atoms with van der Waals surface area (Å²) in [7, 11) is 0. The molecular formula is C16H15FO3. The lowest BCUT2D eigenvalue weighted by atomic mass is 10.1. The third-order valence-corrected chi connectivity index (χ3v) is 2.91. The lowest BCUT2D eigenvalue weighted by Crippen LogP contribution is -2.29. The van der Waals surface area contributed by atoms with E-state index in [2.05, 4.69) is 0 Å². The molecule has 2 rings (SSSR count). The molecule has 0 unspecified atom stereocenters. The van der Waals surface area contributed by atoms with Crippen LogP contribution in [0, 0.1) is 12.7 Å². The Balaban J connectivity index is 2.09. The largest absolute Gasteiger partial charge is 0.478 e. The van der Waals surface area contributed by atoms with E-state index in [-0.39, 0.29) is 12.2 Å². The van der Waals surface area contributed by atoms with E-state index in [1.807, 2.05) is 19.1 Å². The first-order chi connectivity index (χ1) is 9.54. The zero-order valence-electron chi connectivity index (χ0n) is 11.0. The van der Waals surface area contributed by atoms with Gasteiger partial charge in [-0.1, -0.05) is 29.8 Å². The molecule has 0 aliphatic carbocycles. The maximum Gasteiger partial charge on any atom is 0.345 e. The molecule has 0 aliphatic rings. The molecule has 104 valence electrons. The molecule has 1 N–H and O–H groups in total. The van der Waals surface area contributed by atoms with E-state index in [1.165, 1.54) is 12.1 Å². The van der Waals surface area contributed by atoms with Gasteiger partial charge in [-0.25, -0.2) is 9.18 Å². The second-order valence-electron chi connectivity index (χ2n) is 4.59. The van der Waals surface area contributed by atoms with Gasteiger partial charge in [0.2, 0.25) is 0 Å². The molecule has 20 heavy (non-hydrogen) atoms. The average Bonchev–Trinajstić information content (AvgIpc) is 2.42. The smallest absolute Gasteiger partial charge is 0.345 e. The summed E-state index contributed by atoms with van der Waals surface area (Å²) in [6.07, 6.45) is -0.813. The molecular weight excluding hydrogens is 259 g/mol. The lowest BCUT2D eigenvalue weighted by molar-refractivity contribution is -0.145. The minimum Gasteiger partial charge on any atom is -0.478 e. The summed E-state index contributed by atoms with van der Waals surface area (Å²) in [5.74, 6) is -0.889. The molecule has 0 aliphatic heterocycles. The van der Waals surface area contributed by atoms with Gasteiger partial charge in [0.25, 0.3) is 0 Å². The zero-order chi connectivity index (χ0) is 14.5. The molecule has 2 aromatic carbocycles. The van der Waals surface area contributed by atoms with Gasteiger partial charge in [0.05, 0.1) is 0 Å². The first-order valence-electron chi connectivity index (χ1n) is 6.25. The van der Waals surface area contributed by atoms with Crippen molar-refractivity contribution in [1.82, 2.24) is 0 Å². The topological polar surface area (TPSA) is 46.5 Å². The van der Waals surface area contributed by atoms with E-state index in [0.717, 1.165) is 5.56 Å².